The van der Waals surface area contributed by atoms with Gasteiger partial charge in [0.25, 0.3) is 5.67 Å². The Kier molecular flexibility index (Phi) is 3.59. The molecule has 0 spiro atoms. The summed E-state index contributed by atoms with van der Waals surface area (Å²) in [4.78, 5) is 0. The molecule has 0 radical (unpaired) electrons. The van der Waals surface area contributed by atoms with Gasteiger partial charge in [0.1, 0.15) is 0 Å². The van der Waals surface area contributed by atoms with Crippen molar-refractivity contribution in [3.63, 3.8) is 0 Å². The van der Waals surface area contributed by atoms with E-state index in [9.17, 15) is 35.1 Å². The van der Waals surface area contributed by atoms with Gasteiger partial charge in [-0.2, -0.15) is 22.0 Å². The van der Waals surface area contributed by atoms with Crippen molar-refractivity contribution in [2.45, 2.75) is 51.4 Å². The van der Waals surface area contributed by atoms with Crippen LogP contribution in [0.25, 0.3) is 0 Å². The zero-order chi connectivity index (χ0) is 14.5. The zero-order valence-electron chi connectivity index (χ0n) is 9.52. The largest absolute Gasteiger partial charge is 0.429 e. The Morgan fingerprint density at radius 2 is 0.882 bits per heavy atom. The molecule has 1 atom stereocenters. The van der Waals surface area contributed by atoms with E-state index in [2.05, 4.69) is 0 Å². The Labute approximate surface area is 93.0 Å². The molecular weight excluding hydrogens is 260 g/mol. The van der Waals surface area contributed by atoms with E-state index in [0.29, 0.717) is 20.8 Å². The number of hydrogen-bond acceptors (Lipinski definition) is 0. The third-order valence-corrected chi connectivity index (χ3v) is 2.41. The van der Waals surface area contributed by atoms with E-state index in [-0.39, 0.29) is 0 Å². The number of rotatable bonds is 2. The van der Waals surface area contributed by atoms with Gasteiger partial charge in [-0.05, 0) is 0 Å². The summed E-state index contributed by atoms with van der Waals surface area (Å²) in [5, 5.41) is 0. The van der Waals surface area contributed by atoms with Crippen molar-refractivity contribution >= 4 is 0 Å². The maximum Gasteiger partial charge on any atom is 0.429 e. The van der Waals surface area contributed by atoms with Crippen LogP contribution < -0.4 is 0 Å². The van der Waals surface area contributed by atoms with Gasteiger partial charge in [0.15, 0.2) is 0 Å². The van der Waals surface area contributed by atoms with Gasteiger partial charge < -0.3 is 0 Å². The SMILES string of the molecule is CC(C)(C)C(F)(C(F)(F)F)C(F)(F)C(C)(F)F. The molecule has 0 N–H and O–H groups in total. The lowest BCUT2D eigenvalue weighted by molar-refractivity contribution is -0.375. The number of alkyl halides is 8. The first-order valence-corrected chi connectivity index (χ1v) is 4.51. The van der Waals surface area contributed by atoms with Crippen molar-refractivity contribution in [1.29, 1.82) is 0 Å². The van der Waals surface area contributed by atoms with Crippen LogP contribution >= 0.6 is 0 Å². The molecule has 1 unspecified atom stereocenters. The van der Waals surface area contributed by atoms with Gasteiger partial charge in [0, 0.05) is 12.3 Å². The second-order valence-electron chi connectivity index (χ2n) is 4.87. The summed E-state index contributed by atoms with van der Waals surface area (Å²) in [7, 11) is 0. The highest BCUT2D eigenvalue weighted by Gasteiger charge is 2.82. The van der Waals surface area contributed by atoms with E-state index >= 15 is 0 Å². The molecule has 0 amide bonds. The van der Waals surface area contributed by atoms with E-state index < -0.39 is 36.0 Å². The first kappa shape index (κ1) is 16.4. The molecule has 0 aromatic heterocycles. The highest BCUT2D eigenvalue weighted by molar-refractivity contribution is 5.11. The van der Waals surface area contributed by atoms with Gasteiger partial charge in [-0.1, -0.05) is 20.8 Å². The van der Waals surface area contributed by atoms with E-state index in [1.165, 1.54) is 0 Å². The first-order valence-electron chi connectivity index (χ1n) is 4.51. The highest BCUT2D eigenvalue weighted by atomic mass is 19.4. The van der Waals surface area contributed by atoms with Gasteiger partial charge in [-0.3, -0.25) is 0 Å². The number of hydrogen-bond donors (Lipinski definition) is 0. The van der Waals surface area contributed by atoms with Crippen molar-refractivity contribution in [3.8, 4) is 0 Å². The smallest absolute Gasteiger partial charge is 0.226 e. The first-order chi connectivity index (χ1) is 7.00. The monoisotopic (exact) mass is 272 g/mol. The predicted octanol–water partition coefficient (Wildman–Crippen LogP) is 4.59. The van der Waals surface area contributed by atoms with Crippen LogP contribution in [0.3, 0.4) is 0 Å². The molecule has 0 saturated heterocycles. The molecule has 0 aromatic rings. The van der Waals surface area contributed by atoms with Gasteiger partial charge >= 0.3 is 18.0 Å². The summed E-state index contributed by atoms with van der Waals surface area (Å²) in [5.41, 5.74) is -8.07. The molecule has 0 heterocycles. The van der Waals surface area contributed by atoms with Crippen LogP contribution in [-0.4, -0.2) is 23.7 Å². The van der Waals surface area contributed by atoms with Crippen LogP contribution in [0.1, 0.15) is 27.7 Å². The Morgan fingerprint density at radius 3 is 0.941 bits per heavy atom. The van der Waals surface area contributed by atoms with E-state index in [0.717, 1.165) is 0 Å². The van der Waals surface area contributed by atoms with Crippen LogP contribution in [0, 0.1) is 5.41 Å². The fourth-order valence-corrected chi connectivity index (χ4v) is 1.38. The van der Waals surface area contributed by atoms with Crippen molar-refractivity contribution in [2.75, 3.05) is 0 Å². The van der Waals surface area contributed by atoms with Crippen LogP contribution in [-0.2, 0) is 0 Å². The van der Waals surface area contributed by atoms with Gasteiger partial charge in [-0.25, -0.2) is 13.2 Å². The molecular formula is C9H12F8. The normalized spacial score (nSPS) is 19.1. The van der Waals surface area contributed by atoms with Gasteiger partial charge in [0.05, 0.1) is 0 Å². The van der Waals surface area contributed by atoms with E-state index in [1.807, 2.05) is 0 Å². The molecule has 0 saturated carbocycles. The minimum Gasteiger partial charge on any atom is -0.226 e. The molecule has 0 bridgehead atoms. The summed E-state index contributed by atoms with van der Waals surface area (Å²) in [6.45, 7) is 1.01. The Hall–Kier alpha value is -0.560. The molecule has 0 aliphatic carbocycles. The number of halogens is 8. The standard InChI is InChI=1S/C9H12F8/c1-5(2,3)7(12,9(15,16)17)8(13,14)6(4,10)11/h1-4H3. The van der Waals surface area contributed by atoms with Crippen LogP contribution in [0.4, 0.5) is 35.1 Å². The molecule has 8 heteroatoms. The van der Waals surface area contributed by atoms with Gasteiger partial charge in [-0.15, -0.1) is 0 Å². The highest BCUT2D eigenvalue weighted by Crippen LogP contribution is 2.59. The van der Waals surface area contributed by atoms with Crippen LogP contribution in [0.5, 0.6) is 0 Å². The topological polar surface area (TPSA) is 0 Å². The average molecular weight is 272 g/mol. The molecule has 0 fully saturated rings. The van der Waals surface area contributed by atoms with E-state index in [4.69, 9.17) is 0 Å². The molecule has 0 aliphatic heterocycles. The van der Waals surface area contributed by atoms with E-state index in [1.54, 1.807) is 0 Å². The summed E-state index contributed by atoms with van der Waals surface area (Å²) < 4.78 is 102. The molecule has 0 aliphatic rings. The average Bonchev–Trinajstić information content (AvgIpc) is 1.95. The quantitative estimate of drug-likeness (QED) is 0.645. The third-order valence-electron chi connectivity index (χ3n) is 2.41. The second kappa shape index (κ2) is 3.71. The minimum atomic E-state index is -6.12. The molecule has 17 heavy (non-hydrogen) atoms. The lowest BCUT2D eigenvalue weighted by Gasteiger charge is -2.45. The lowest BCUT2D eigenvalue weighted by atomic mass is 9.71. The van der Waals surface area contributed by atoms with Crippen molar-refractivity contribution in [2.24, 2.45) is 5.41 Å². The summed E-state index contributed by atoms with van der Waals surface area (Å²) in [6, 6.07) is 0. The second-order valence-corrected chi connectivity index (χ2v) is 4.87. The summed E-state index contributed by atoms with van der Waals surface area (Å²) in [5.74, 6) is -11.0. The Bertz CT molecular complexity index is 263. The fourth-order valence-electron chi connectivity index (χ4n) is 1.38. The van der Waals surface area contributed by atoms with Crippen LogP contribution in [0.2, 0.25) is 0 Å². The van der Waals surface area contributed by atoms with Crippen LogP contribution in [0.15, 0.2) is 0 Å². The molecule has 0 nitrogen and oxygen atoms in total. The molecule has 0 aromatic carbocycles. The lowest BCUT2D eigenvalue weighted by Crippen LogP contribution is -2.68. The summed E-state index contributed by atoms with van der Waals surface area (Å²) in [6.07, 6.45) is -6.12. The third kappa shape index (κ3) is 2.22. The van der Waals surface area contributed by atoms with Gasteiger partial charge in [0.2, 0.25) is 0 Å². The predicted molar refractivity (Wildman–Crippen MR) is 44.9 cm³/mol. The van der Waals surface area contributed by atoms with Crippen molar-refractivity contribution in [1.82, 2.24) is 0 Å². The Morgan fingerprint density at radius 1 is 0.588 bits per heavy atom. The maximum atomic E-state index is 13.7. The molecule has 0 rings (SSSR count). The maximum absolute atomic E-state index is 13.7. The van der Waals surface area contributed by atoms with Crippen molar-refractivity contribution < 1.29 is 35.1 Å². The zero-order valence-corrected chi connectivity index (χ0v) is 9.52. The minimum absolute atomic E-state index is 0.446. The fraction of sp³-hybridized carbons (Fsp3) is 1.00. The van der Waals surface area contributed by atoms with Crippen molar-refractivity contribution in [3.05, 3.63) is 0 Å². The Balaban J connectivity index is 6.04. The molecule has 104 valence electrons. The summed E-state index contributed by atoms with van der Waals surface area (Å²) >= 11 is 0.